The second kappa shape index (κ2) is 15.2. The lowest BCUT2D eigenvalue weighted by Crippen LogP contribution is -2.37. The lowest BCUT2D eigenvalue weighted by atomic mass is 9.98. The summed E-state index contributed by atoms with van der Waals surface area (Å²) >= 11 is 0. The Kier molecular flexibility index (Phi) is 11.1. The molecule has 0 fully saturated rings. The fourth-order valence-electron chi connectivity index (χ4n) is 5.82. The van der Waals surface area contributed by atoms with Crippen LogP contribution >= 0.6 is 0 Å². The maximum Gasteiger partial charge on any atom is 0.329 e. The number of H-pyrrole nitrogens is 3. The van der Waals surface area contributed by atoms with Gasteiger partial charge in [-0.1, -0.05) is 66.4 Å². The molecule has 0 aliphatic heterocycles. The number of aromatic amines is 3. The molecule has 0 unspecified atom stereocenters. The molecule has 0 saturated heterocycles. The lowest BCUT2D eigenvalue weighted by Gasteiger charge is -2.16. The van der Waals surface area contributed by atoms with Gasteiger partial charge < -0.3 is 4.98 Å². The van der Waals surface area contributed by atoms with E-state index >= 15 is 0 Å². The Morgan fingerprint density at radius 3 is 1.73 bits per heavy atom. The van der Waals surface area contributed by atoms with Crippen LogP contribution in [-0.2, 0) is 19.4 Å². The van der Waals surface area contributed by atoms with Crippen LogP contribution in [0, 0.1) is 39.0 Å². The molecule has 0 aliphatic carbocycles. The number of hydrogen-bond donors (Lipinski definition) is 3. The molecule has 0 radical (unpaired) electrons. The number of carbonyl (C=O) groups excluding carboxylic acids is 2. The van der Waals surface area contributed by atoms with Gasteiger partial charge in [0.05, 0.1) is 23.9 Å². The summed E-state index contributed by atoms with van der Waals surface area (Å²) in [5.41, 5.74) is 3.93. The summed E-state index contributed by atoms with van der Waals surface area (Å²) in [5, 5.41) is 9.37. The zero-order chi connectivity index (χ0) is 36.0. The Morgan fingerprint density at radius 2 is 1.20 bits per heavy atom. The van der Waals surface area contributed by atoms with Crippen LogP contribution in [0.2, 0.25) is 0 Å². The molecule has 3 N–H and O–H groups in total. The van der Waals surface area contributed by atoms with Gasteiger partial charge in [0, 0.05) is 22.3 Å². The number of aryl methyl sites for hydroxylation is 4. The van der Waals surface area contributed by atoms with Crippen molar-refractivity contribution in [1.82, 2.24) is 19.5 Å². The third-order valence-corrected chi connectivity index (χ3v) is 7.92. The van der Waals surface area contributed by atoms with Crippen LogP contribution in [0.3, 0.4) is 0 Å². The second-order valence-corrected chi connectivity index (χ2v) is 11.8. The molecule has 0 bridgehead atoms. The average molecular weight is 660 g/mol. The SMILES string of the molecule is CCc1c(C(=O)c2cc(C)cc(C)c2)[nH]c(=O)[nH]c1=O.CCc1c(C(=O)c2cc(C)cc(C)c2)n(Cc2ccccc2C#N)c(=O)[nH]c1=O. The predicted octanol–water partition coefficient (Wildman–Crippen LogP) is 4.34. The highest BCUT2D eigenvalue weighted by Gasteiger charge is 2.23. The first-order valence-electron chi connectivity index (χ1n) is 15.7. The van der Waals surface area contributed by atoms with Gasteiger partial charge in [-0.15, -0.1) is 0 Å². The molecule has 0 atom stereocenters. The number of carbonyl (C=O) groups is 2. The number of hydrogen-bond acceptors (Lipinski definition) is 7. The summed E-state index contributed by atoms with van der Waals surface area (Å²) < 4.78 is 1.26. The molecule has 3 aromatic carbocycles. The summed E-state index contributed by atoms with van der Waals surface area (Å²) in [6, 6.07) is 19.9. The zero-order valence-corrected chi connectivity index (χ0v) is 28.2. The molecule has 49 heavy (non-hydrogen) atoms. The third-order valence-electron chi connectivity index (χ3n) is 7.92. The highest BCUT2D eigenvalue weighted by Crippen LogP contribution is 2.18. The maximum absolute atomic E-state index is 13.4. The lowest BCUT2D eigenvalue weighted by molar-refractivity contribution is 0.102. The van der Waals surface area contributed by atoms with E-state index in [1.165, 1.54) is 4.57 Å². The molecule has 0 amide bonds. The largest absolute Gasteiger partial charge is 0.329 e. The molecule has 2 aromatic heterocycles. The van der Waals surface area contributed by atoms with Gasteiger partial charge in [-0.3, -0.25) is 33.7 Å². The van der Waals surface area contributed by atoms with Crippen molar-refractivity contribution in [1.29, 1.82) is 5.26 Å². The first-order valence-corrected chi connectivity index (χ1v) is 15.7. The summed E-state index contributed by atoms with van der Waals surface area (Å²) in [6.07, 6.45) is 0.666. The molecule has 2 heterocycles. The number of ketones is 2. The Labute approximate surface area is 281 Å². The van der Waals surface area contributed by atoms with Crippen LogP contribution in [0.4, 0.5) is 0 Å². The van der Waals surface area contributed by atoms with Crippen molar-refractivity contribution < 1.29 is 9.59 Å². The van der Waals surface area contributed by atoms with Gasteiger partial charge in [-0.25, -0.2) is 9.59 Å². The molecular formula is C38H37N5O6. The summed E-state index contributed by atoms with van der Waals surface area (Å²) in [5.74, 6) is -0.719. The topological polar surface area (TPSA) is 179 Å². The van der Waals surface area contributed by atoms with E-state index < -0.39 is 22.5 Å². The number of nitriles is 1. The van der Waals surface area contributed by atoms with Crippen molar-refractivity contribution in [2.75, 3.05) is 0 Å². The van der Waals surface area contributed by atoms with Crippen LogP contribution < -0.4 is 22.5 Å². The van der Waals surface area contributed by atoms with Crippen molar-refractivity contribution in [3.63, 3.8) is 0 Å². The van der Waals surface area contributed by atoms with Gasteiger partial charge in [0.2, 0.25) is 11.6 Å². The van der Waals surface area contributed by atoms with Gasteiger partial charge in [0.25, 0.3) is 11.1 Å². The average Bonchev–Trinajstić information content (AvgIpc) is 3.04. The van der Waals surface area contributed by atoms with E-state index in [1.54, 1.807) is 62.4 Å². The quantitative estimate of drug-likeness (QED) is 0.207. The molecule has 250 valence electrons. The van der Waals surface area contributed by atoms with Crippen molar-refractivity contribution in [3.8, 4) is 6.07 Å². The molecule has 11 nitrogen and oxygen atoms in total. The highest BCUT2D eigenvalue weighted by molar-refractivity contribution is 6.09. The first kappa shape index (κ1) is 35.7. The molecular weight excluding hydrogens is 622 g/mol. The minimum absolute atomic E-state index is 0.0121. The van der Waals surface area contributed by atoms with Gasteiger partial charge in [-0.2, -0.15) is 5.26 Å². The summed E-state index contributed by atoms with van der Waals surface area (Å²) in [6.45, 7) is 11.1. The Hall–Kier alpha value is -6.15. The smallest absolute Gasteiger partial charge is 0.304 e. The normalized spacial score (nSPS) is 10.6. The summed E-state index contributed by atoms with van der Waals surface area (Å²) in [7, 11) is 0. The first-order chi connectivity index (χ1) is 23.3. The van der Waals surface area contributed by atoms with Crippen molar-refractivity contribution in [2.45, 2.75) is 60.9 Å². The number of aromatic nitrogens is 4. The molecule has 5 aromatic rings. The van der Waals surface area contributed by atoms with Crippen LogP contribution in [0.25, 0.3) is 0 Å². The van der Waals surface area contributed by atoms with Crippen LogP contribution in [0.5, 0.6) is 0 Å². The van der Waals surface area contributed by atoms with Crippen LogP contribution in [0.15, 0.2) is 79.8 Å². The van der Waals surface area contributed by atoms with Gasteiger partial charge in [-0.05, 0) is 76.4 Å². The van der Waals surface area contributed by atoms with Crippen LogP contribution in [0.1, 0.15) is 90.5 Å². The maximum atomic E-state index is 13.4. The predicted molar refractivity (Wildman–Crippen MR) is 187 cm³/mol. The van der Waals surface area contributed by atoms with E-state index in [0.29, 0.717) is 40.7 Å². The molecule has 0 spiro atoms. The fourth-order valence-corrected chi connectivity index (χ4v) is 5.82. The number of nitrogens with zero attached hydrogens (tertiary/aromatic N) is 2. The minimum atomic E-state index is -0.673. The van der Waals surface area contributed by atoms with Gasteiger partial charge >= 0.3 is 11.4 Å². The van der Waals surface area contributed by atoms with Crippen LogP contribution in [-0.4, -0.2) is 31.1 Å². The zero-order valence-electron chi connectivity index (χ0n) is 28.2. The Balaban J connectivity index is 0.000000237. The number of nitrogens with one attached hydrogen (secondary N) is 3. The Bertz CT molecular complexity index is 2330. The monoisotopic (exact) mass is 659 g/mol. The van der Waals surface area contributed by atoms with E-state index in [2.05, 4.69) is 21.0 Å². The van der Waals surface area contributed by atoms with Crippen molar-refractivity contribution >= 4 is 11.6 Å². The van der Waals surface area contributed by atoms with Gasteiger partial charge in [0.1, 0.15) is 5.69 Å². The third kappa shape index (κ3) is 8.05. The second-order valence-electron chi connectivity index (χ2n) is 11.8. The van der Waals surface area contributed by atoms with Gasteiger partial charge in [0.15, 0.2) is 0 Å². The number of benzene rings is 3. The van der Waals surface area contributed by atoms with Crippen molar-refractivity contribution in [3.05, 3.63) is 169 Å². The highest BCUT2D eigenvalue weighted by atomic mass is 16.2. The molecule has 5 rings (SSSR count). The standard InChI is InChI=1S/C23H21N3O3.C15H16N2O3/c1-4-19-20(21(27)18-10-14(2)9-15(3)11-18)26(23(29)25-22(19)28)13-17-8-6-5-7-16(17)12-24;1-4-11-12(16-15(20)17-14(11)19)13(18)10-6-8(2)5-9(3)7-10/h5-11H,4,13H2,1-3H3,(H,25,28,29);5-7H,4H2,1-3H3,(H2,16,17,19,20). The summed E-state index contributed by atoms with van der Waals surface area (Å²) in [4.78, 5) is 81.0. The van der Waals surface area contributed by atoms with Crippen molar-refractivity contribution in [2.24, 2.45) is 0 Å². The molecule has 0 saturated carbocycles. The van der Waals surface area contributed by atoms with E-state index in [9.17, 15) is 34.0 Å². The van der Waals surface area contributed by atoms with E-state index in [0.717, 1.165) is 22.3 Å². The minimum Gasteiger partial charge on any atom is -0.304 e. The fraction of sp³-hybridized carbons (Fsp3) is 0.237. The van der Waals surface area contributed by atoms with E-state index in [1.807, 2.05) is 39.8 Å². The molecule has 11 heteroatoms. The number of rotatable bonds is 8. The van der Waals surface area contributed by atoms with E-state index in [-0.39, 0.29) is 35.1 Å². The Morgan fingerprint density at radius 1 is 0.694 bits per heavy atom. The molecule has 0 aliphatic rings. The van der Waals surface area contributed by atoms with E-state index in [4.69, 9.17) is 0 Å².